The van der Waals surface area contributed by atoms with E-state index in [4.69, 9.17) is 4.74 Å². The van der Waals surface area contributed by atoms with Crippen molar-refractivity contribution in [1.29, 1.82) is 0 Å². The maximum atomic E-state index is 12.7. The summed E-state index contributed by atoms with van der Waals surface area (Å²) in [5.74, 6) is -0.948. The Balaban J connectivity index is 2.24. The van der Waals surface area contributed by atoms with E-state index in [1.807, 2.05) is 0 Å². The van der Waals surface area contributed by atoms with Crippen LogP contribution in [0.15, 0.2) is 23.5 Å². The first-order chi connectivity index (χ1) is 8.48. The average Bonchev–Trinajstić information content (AvgIpc) is 2.80. The van der Waals surface area contributed by atoms with Crippen molar-refractivity contribution in [1.82, 2.24) is 10.3 Å². The minimum Gasteiger partial charge on any atom is -0.463 e. The van der Waals surface area contributed by atoms with E-state index in [9.17, 15) is 18.0 Å². The molecule has 0 fully saturated rings. The summed E-state index contributed by atoms with van der Waals surface area (Å²) in [6.45, 7) is 0.670. The predicted molar refractivity (Wildman–Crippen MR) is 55.0 cm³/mol. The van der Waals surface area contributed by atoms with Crippen LogP contribution < -0.4 is 5.32 Å². The van der Waals surface area contributed by atoms with Crippen LogP contribution in [0.4, 0.5) is 13.2 Å². The quantitative estimate of drug-likeness (QED) is 0.824. The van der Waals surface area contributed by atoms with Crippen LogP contribution in [0.5, 0.6) is 0 Å². The second-order valence-electron chi connectivity index (χ2n) is 3.41. The number of pyridine rings is 1. The number of aromatic nitrogens is 1. The van der Waals surface area contributed by atoms with Gasteiger partial charge in [0, 0.05) is 12.4 Å². The number of amidine groups is 1. The van der Waals surface area contributed by atoms with E-state index in [2.05, 4.69) is 15.3 Å². The topological polar surface area (TPSA) is 63.6 Å². The Bertz CT molecular complexity index is 499. The summed E-state index contributed by atoms with van der Waals surface area (Å²) in [6, 6.07) is 0.670. The highest BCUT2D eigenvalue weighted by atomic mass is 19.4. The second-order valence-corrected chi connectivity index (χ2v) is 3.41. The molecular weight excluding hydrogens is 251 g/mol. The first kappa shape index (κ1) is 12.3. The van der Waals surface area contributed by atoms with Gasteiger partial charge in [0.2, 0.25) is 0 Å². The third-order valence-electron chi connectivity index (χ3n) is 2.18. The van der Waals surface area contributed by atoms with Gasteiger partial charge in [-0.25, -0.2) is 4.99 Å². The molecule has 96 valence electrons. The zero-order valence-electron chi connectivity index (χ0n) is 8.99. The molecule has 1 N–H and O–H groups in total. The van der Waals surface area contributed by atoms with Crippen molar-refractivity contribution >= 4 is 11.9 Å². The summed E-state index contributed by atoms with van der Waals surface area (Å²) in [5, 5.41) is 2.16. The SMILES string of the molecule is O=C(NC1=NCCO1)c1cnccc1C(F)(F)F. The van der Waals surface area contributed by atoms with Gasteiger partial charge in [-0.2, -0.15) is 13.2 Å². The number of ether oxygens (including phenoxy) is 1. The highest BCUT2D eigenvalue weighted by Gasteiger charge is 2.35. The molecule has 0 saturated carbocycles. The zero-order valence-corrected chi connectivity index (χ0v) is 8.99. The second kappa shape index (κ2) is 4.63. The fraction of sp³-hybridized carbons (Fsp3) is 0.300. The number of rotatable bonds is 1. The van der Waals surface area contributed by atoms with E-state index < -0.39 is 23.2 Å². The van der Waals surface area contributed by atoms with E-state index in [1.165, 1.54) is 0 Å². The smallest absolute Gasteiger partial charge is 0.417 e. The minimum atomic E-state index is -4.62. The van der Waals surface area contributed by atoms with Gasteiger partial charge in [-0.1, -0.05) is 0 Å². The number of nitrogens with zero attached hydrogens (tertiary/aromatic N) is 2. The van der Waals surface area contributed by atoms with Crippen LogP contribution in [0, 0.1) is 0 Å². The number of halogens is 3. The molecule has 1 aliphatic rings. The molecule has 1 aromatic rings. The van der Waals surface area contributed by atoms with Crippen molar-refractivity contribution in [2.24, 2.45) is 4.99 Å². The van der Waals surface area contributed by atoms with Crippen LogP contribution in [0.25, 0.3) is 0 Å². The Morgan fingerprint density at radius 1 is 1.44 bits per heavy atom. The molecule has 0 radical (unpaired) electrons. The number of hydrogen-bond acceptors (Lipinski definition) is 4. The van der Waals surface area contributed by atoms with Gasteiger partial charge in [0.25, 0.3) is 11.9 Å². The lowest BCUT2D eigenvalue weighted by Crippen LogP contribution is -2.32. The number of nitrogens with one attached hydrogen (secondary N) is 1. The number of alkyl halides is 3. The maximum absolute atomic E-state index is 12.7. The van der Waals surface area contributed by atoms with Crippen molar-refractivity contribution in [2.45, 2.75) is 6.18 Å². The predicted octanol–water partition coefficient (Wildman–Crippen LogP) is 1.22. The normalized spacial score (nSPS) is 14.9. The monoisotopic (exact) mass is 259 g/mol. The fourth-order valence-electron chi connectivity index (χ4n) is 1.40. The number of carbonyl (C=O) groups is 1. The number of amides is 1. The summed E-state index contributed by atoms with van der Waals surface area (Å²) >= 11 is 0. The van der Waals surface area contributed by atoms with Crippen LogP contribution in [-0.2, 0) is 10.9 Å². The number of hydrogen-bond donors (Lipinski definition) is 1. The Morgan fingerprint density at radius 3 is 2.83 bits per heavy atom. The standard InChI is InChI=1S/C10H8F3N3O2/c11-10(12,13)7-1-2-14-5-6(7)8(17)16-9-15-3-4-18-9/h1-2,5H,3-4H2,(H,15,16,17). The van der Waals surface area contributed by atoms with Gasteiger partial charge >= 0.3 is 6.18 Å². The first-order valence-corrected chi connectivity index (χ1v) is 4.98. The summed E-state index contributed by atoms with van der Waals surface area (Å²) in [6.07, 6.45) is -2.79. The molecule has 1 aromatic heterocycles. The van der Waals surface area contributed by atoms with Crippen molar-refractivity contribution < 1.29 is 22.7 Å². The highest BCUT2D eigenvalue weighted by molar-refractivity contribution is 6.05. The first-order valence-electron chi connectivity index (χ1n) is 4.98. The molecule has 1 amide bonds. The molecule has 18 heavy (non-hydrogen) atoms. The van der Waals surface area contributed by atoms with Crippen molar-refractivity contribution in [2.75, 3.05) is 13.2 Å². The molecule has 1 aliphatic heterocycles. The molecule has 0 atom stereocenters. The lowest BCUT2D eigenvalue weighted by Gasteiger charge is -2.11. The Morgan fingerprint density at radius 2 is 2.22 bits per heavy atom. The fourth-order valence-corrected chi connectivity index (χ4v) is 1.40. The van der Waals surface area contributed by atoms with E-state index in [1.54, 1.807) is 0 Å². The van der Waals surface area contributed by atoms with Gasteiger partial charge < -0.3 is 4.74 Å². The Labute approximate surface area is 99.7 Å². The third kappa shape index (κ3) is 2.58. The molecular formula is C10H8F3N3O2. The largest absolute Gasteiger partial charge is 0.463 e. The molecule has 2 rings (SSSR count). The number of aliphatic imine (C=N–C) groups is 1. The third-order valence-corrected chi connectivity index (χ3v) is 2.18. The molecule has 0 aliphatic carbocycles. The van der Waals surface area contributed by atoms with Gasteiger partial charge in [0.1, 0.15) is 6.61 Å². The number of carbonyl (C=O) groups excluding carboxylic acids is 1. The Hall–Kier alpha value is -2.12. The molecule has 5 nitrogen and oxygen atoms in total. The molecule has 0 saturated heterocycles. The van der Waals surface area contributed by atoms with Crippen LogP contribution >= 0.6 is 0 Å². The van der Waals surface area contributed by atoms with E-state index in [-0.39, 0.29) is 6.02 Å². The van der Waals surface area contributed by atoms with Gasteiger partial charge in [-0.05, 0) is 6.07 Å². The lowest BCUT2D eigenvalue weighted by molar-refractivity contribution is -0.138. The minimum absolute atomic E-state index is 0.0722. The highest BCUT2D eigenvalue weighted by Crippen LogP contribution is 2.31. The summed E-state index contributed by atoms with van der Waals surface area (Å²) < 4.78 is 42.8. The van der Waals surface area contributed by atoms with Crippen molar-refractivity contribution in [3.8, 4) is 0 Å². The van der Waals surface area contributed by atoms with E-state index >= 15 is 0 Å². The molecule has 0 spiro atoms. The molecule has 0 unspecified atom stereocenters. The lowest BCUT2D eigenvalue weighted by atomic mass is 10.1. The van der Waals surface area contributed by atoms with Crippen LogP contribution in [0.2, 0.25) is 0 Å². The van der Waals surface area contributed by atoms with Crippen molar-refractivity contribution in [3.05, 3.63) is 29.6 Å². The van der Waals surface area contributed by atoms with Crippen LogP contribution in [0.3, 0.4) is 0 Å². The molecule has 0 aromatic carbocycles. The van der Waals surface area contributed by atoms with E-state index in [0.29, 0.717) is 13.2 Å². The summed E-state index contributed by atoms with van der Waals surface area (Å²) in [4.78, 5) is 18.9. The van der Waals surface area contributed by atoms with Gasteiger partial charge in [0.05, 0.1) is 17.7 Å². The van der Waals surface area contributed by atoms with E-state index in [0.717, 1.165) is 18.5 Å². The average molecular weight is 259 g/mol. The van der Waals surface area contributed by atoms with Crippen molar-refractivity contribution in [3.63, 3.8) is 0 Å². The molecule has 2 heterocycles. The van der Waals surface area contributed by atoms with Crippen LogP contribution in [0.1, 0.15) is 15.9 Å². The summed E-state index contributed by atoms with van der Waals surface area (Å²) in [5.41, 5.74) is -1.61. The van der Waals surface area contributed by atoms with Gasteiger partial charge in [-0.15, -0.1) is 0 Å². The van der Waals surface area contributed by atoms with Crippen LogP contribution in [-0.4, -0.2) is 30.1 Å². The molecule has 0 bridgehead atoms. The zero-order chi connectivity index (χ0) is 13.2. The maximum Gasteiger partial charge on any atom is 0.417 e. The summed E-state index contributed by atoms with van der Waals surface area (Å²) in [7, 11) is 0. The van der Waals surface area contributed by atoms with Gasteiger partial charge in [-0.3, -0.25) is 15.1 Å². The molecule has 8 heteroatoms. The Kier molecular flexibility index (Phi) is 3.17. The van der Waals surface area contributed by atoms with Gasteiger partial charge in [0.15, 0.2) is 0 Å².